The first-order valence-electron chi connectivity index (χ1n) is 7.70. The van der Waals surface area contributed by atoms with Crippen LogP contribution in [0.2, 0.25) is 5.02 Å². The van der Waals surface area contributed by atoms with E-state index in [4.69, 9.17) is 25.8 Å². The summed E-state index contributed by atoms with van der Waals surface area (Å²) in [5, 5.41) is 5.94. The molecule has 0 unspecified atom stereocenters. The van der Waals surface area contributed by atoms with Crippen molar-refractivity contribution in [3.63, 3.8) is 0 Å². The maximum Gasteiger partial charge on any atom is 0.323 e. The molecule has 1 heterocycles. The molecule has 1 aromatic heterocycles. The fraction of sp³-hybridized carbons (Fsp3) is 0.294. The number of methoxy groups -OCH3 is 1. The fourth-order valence-electron chi connectivity index (χ4n) is 1.93. The number of urea groups is 1. The van der Waals surface area contributed by atoms with Crippen LogP contribution in [0.3, 0.4) is 0 Å². The molecule has 0 bridgehead atoms. The van der Waals surface area contributed by atoms with Crippen molar-refractivity contribution in [2.45, 2.75) is 6.92 Å². The number of pyridine rings is 1. The van der Waals surface area contributed by atoms with Crippen LogP contribution in [0.5, 0.6) is 11.6 Å². The lowest BCUT2D eigenvalue weighted by Crippen LogP contribution is -2.20. The van der Waals surface area contributed by atoms with Gasteiger partial charge in [0.2, 0.25) is 5.88 Å². The molecule has 0 saturated carbocycles. The molecule has 2 aromatic rings. The standard InChI is InChI=1S/C17H20ClN3O4/c1-3-24-15-10-12(18)4-6-14(15)21-17(22)20-13-5-7-16(19-11-13)25-9-8-23-2/h4-7,10-11H,3,8-9H2,1-2H3,(H2,20,21,22). The van der Waals surface area contributed by atoms with Crippen molar-refractivity contribution in [3.8, 4) is 11.6 Å². The van der Waals surface area contributed by atoms with Crippen molar-refractivity contribution in [1.29, 1.82) is 0 Å². The van der Waals surface area contributed by atoms with E-state index in [1.165, 1.54) is 6.20 Å². The van der Waals surface area contributed by atoms with Crippen molar-refractivity contribution in [2.24, 2.45) is 0 Å². The number of hydrogen-bond acceptors (Lipinski definition) is 5. The van der Waals surface area contributed by atoms with Crippen molar-refractivity contribution in [2.75, 3.05) is 37.6 Å². The first-order chi connectivity index (χ1) is 12.1. The minimum Gasteiger partial charge on any atom is -0.492 e. The molecule has 0 aliphatic carbocycles. The highest BCUT2D eigenvalue weighted by Gasteiger charge is 2.09. The van der Waals surface area contributed by atoms with Gasteiger partial charge >= 0.3 is 6.03 Å². The van der Waals surface area contributed by atoms with Gasteiger partial charge in [-0.3, -0.25) is 0 Å². The summed E-state index contributed by atoms with van der Waals surface area (Å²) in [6.07, 6.45) is 1.51. The summed E-state index contributed by atoms with van der Waals surface area (Å²) in [5.74, 6) is 0.963. The maximum atomic E-state index is 12.1. The number of halogens is 1. The molecule has 134 valence electrons. The van der Waals surface area contributed by atoms with E-state index in [9.17, 15) is 4.79 Å². The number of amides is 2. The molecule has 7 nitrogen and oxygen atoms in total. The van der Waals surface area contributed by atoms with Gasteiger partial charge in [0, 0.05) is 24.3 Å². The Balaban J connectivity index is 1.94. The third-order valence-corrected chi connectivity index (χ3v) is 3.26. The van der Waals surface area contributed by atoms with E-state index < -0.39 is 6.03 Å². The number of ether oxygens (including phenoxy) is 3. The van der Waals surface area contributed by atoms with Gasteiger partial charge in [-0.05, 0) is 25.1 Å². The number of nitrogens with one attached hydrogen (secondary N) is 2. The number of benzene rings is 1. The number of hydrogen-bond donors (Lipinski definition) is 2. The summed E-state index contributed by atoms with van der Waals surface area (Å²) in [4.78, 5) is 16.2. The monoisotopic (exact) mass is 365 g/mol. The Morgan fingerprint density at radius 2 is 2.00 bits per heavy atom. The zero-order chi connectivity index (χ0) is 18.1. The number of rotatable bonds is 8. The van der Waals surface area contributed by atoms with Crippen LogP contribution in [-0.2, 0) is 4.74 Å². The highest BCUT2D eigenvalue weighted by molar-refractivity contribution is 6.30. The van der Waals surface area contributed by atoms with Crippen LogP contribution >= 0.6 is 11.6 Å². The van der Waals surface area contributed by atoms with E-state index in [-0.39, 0.29) is 0 Å². The van der Waals surface area contributed by atoms with Crippen LogP contribution in [0.25, 0.3) is 0 Å². The van der Waals surface area contributed by atoms with Crippen LogP contribution in [0, 0.1) is 0 Å². The van der Waals surface area contributed by atoms with Crippen LogP contribution in [0.1, 0.15) is 6.92 Å². The van der Waals surface area contributed by atoms with E-state index in [1.54, 1.807) is 37.4 Å². The molecule has 0 aliphatic heterocycles. The molecule has 25 heavy (non-hydrogen) atoms. The topological polar surface area (TPSA) is 81.7 Å². The van der Waals surface area contributed by atoms with Crippen LogP contribution in [-0.4, -0.2) is 37.9 Å². The zero-order valence-electron chi connectivity index (χ0n) is 14.0. The quantitative estimate of drug-likeness (QED) is 0.695. The average Bonchev–Trinajstić information content (AvgIpc) is 2.59. The van der Waals surface area contributed by atoms with Gasteiger partial charge in [-0.25, -0.2) is 9.78 Å². The molecule has 0 radical (unpaired) electrons. The maximum absolute atomic E-state index is 12.1. The minimum absolute atomic E-state index is 0.410. The lowest BCUT2D eigenvalue weighted by atomic mass is 10.3. The van der Waals surface area contributed by atoms with E-state index in [0.29, 0.717) is 47.8 Å². The number of nitrogens with zero attached hydrogens (tertiary/aromatic N) is 1. The van der Waals surface area contributed by atoms with Crippen molar-refractivity contribution in [3.05, 3.63) is 41.6 Å². The number of carbonyl (C=O) groups excluding carboxylic acids is 1. The van der Waals surface area contributed by atoms with Gasteiger partial charge < -0.3 is 24.8 Å². The van der Waals surface area contributed by atoms with Gasteiger partial charge in [0.05, 0.1) is 30.8 Å². The smallest absolute Gasteiger partial charge is 0.323 e. The highest BCUT2D eigenvalue weighted by atomic mass is 35.5. The first-order valence-corrected chi connectivity index (χ1v) is 8.08. The molecule has 2 rings (SSSR count). The van der Waals surface area contributed by atoms with Crippen LogP contribution in [0.15, 0.2) is 36.5 Å². The second-order valence-electron chi connectivity index (χ2n) is 4.88. The Kier molecular flexibility index (Phi) is 7.31. The molecule has 0 fully saturated rings. The van der Waals surface area contributed by atoms with Gasteiger partial charge in [-0.2, -0.15) is 0 Å². The lowest BCUT2D eigenvalue weighted by molar-refractivity contribution is 0.144. The van der Waals surface area contributed by atoms with E-state index in [1.807, 2.05) is 6.92 Å². The number of anilines is 2. The molecule has 0 atom stereocenters. The van der Waals surface area contributed by atoms with Crippen molar-refractivity contribution in [1.82, 2.24) is 4.98 Å². The summed E-state index contributed by atoms with van der Waals surface area (Å²) in [5.41, 5.74) is 1.06. The molecule has 1 aromatic carbocycles. The van der Waals surface area contributed by atoms with E-state index in [2.05, 4.69) is 15.6 Å². The summed E-state index contributed by atoms with van der Waals surface area (Å²) >= 11 is 5.94. The Bertz CT molecular complexity index is 695. The molecular weight excluding hydrogens is 346 g/mol. The van der Waals surface area contributed by atoms with Gasteiger partial charge in [0.1, 0.15) is 12.4 Å². The Morgan fingerprint density at radius 3 is 2.68 bits per heavy atom. The predicted octanol–water partition coefficient (Wildman–Crippen LogP) is 3.80. The van der Waals surface area contributed by atoms with Gasteiger partial charge in [-0.15, -0.1) is 0 Å². The number of aromatic nitrogens is 1. The molecule has 0 spiro atoms. The Labute approximate surface area is 151 Å². The van der Waals surface area contributed by atoms with E-state index in [0.717, 1.165) is 0 Å². The van der Waals surface area contributed by atoms with Gasteiger partial charge in [-0.1, -0.05) is 11.6 Å². The largest absolute Gasteiger partial charge is 0.492 e. The second kappa shape index (κ2) is 9.71. The molecule has 8 heteroatoms. The third kappa shape index (κ3) is 6.13. The summed E-state index contributed by atoms with van der Waals surface area (Å²) in [7, 11) is 1.60. The Hall–Kier alpha value is -2.51. The van der Waals surface area contributed by atoms with Crippen LogP contribution < -0.4 is 20.1 Å². The van der Waals surface area contributed by atoms with Gasteiger partial charge in [0.15, 0.2) is 0 Å². The molecule has 2 amide bonds. The molecular formula is C17H20ClN3O4. The lowest BCUT2D eigenvalue weighted by Gasteiger charge is -2.12. The van der Waals surface area contributed by atoms with Crippen molar-refractivity contribution >= 4 is 29.0 Å². The van der Waals surface area contributed by atoms with E-state index >= 15 is 0 Å². The fourth-order valence-corrected chi connectivity index (χ4v) is 2.09. The predicted molar refractivity (Wildman–Crippen MR) is 96.9 cm³/mol. The normalized spacial score (nSPS) is 10.2. The van der Waals surface area contributed by atoms with Crippen molar-refractivity contribution < 1.29 is 19.0 Å². The second-order valence-corrected chi connectivity index (χ2v) is 5.32. The summed E-state index contributed by atoms with van der Waals surface area (Å²) in [6.45, 7) is 3.21. The minimum atomic E-state index is -0.418. The first kappa shape index (κ1) is 18.8. The number of carbonyl (C=O) groups is 1. The third-order valence-electron chi connectivity index (χ3n) is 3.02. The SMILES string of the molecule is CCOc1cc(Cl)ccc1NC(=O)Nc1ccc(OCCOC)nc1. The van der Waals surface area contributed by atoms with Crippen LogP contribution in [0.4, 0.5) is 16.2 Å². The molecule has 2 N–H and O–H groups in total. The Morgan fingerprint density at radius 1 is 1.16 bits per heavy atom. The van der Waals surface area contributed by atoms with Gasteiger partial charge in [0.25, 0.3) is 0 Å². The summed E-state index contributed by atoms with van der Waals surface area (Å²) < 4.78 is 15.7. The highest BCUT2D eigenvalue weighted by Crippen LogP contribution is 2.28. The zero-order valence-corrected chi connectivity index (χ0v) is 14.8. The average molecular weight is 366 g/mol. The summed E-state index contributed by atoms with van der Waals surface area (Å²) in [6, 6.07) is 7.94. The molecule has 0 saturated heterocycles. The molecule has 0 aliphatic rings.